The summed E-state index contributed by atoms with van der Waals surface area (Å²) in [5, 5.41) is 3.46. The molecule has 1 aromatic heterocycles. The van der Waals surface area contributed by atoms with Crippen molar-refractivity contribution in [3.05, 3.63) is 65.4 Å². The number of rotatable bonds is 5. The van der Waals surface area contributed by atoms with Crippen molar-refractivity contribution in [3.63, 3.8) is 0 Å². The van der Waals surface area contributed by atoms with Gasteiger partial charge in [0.2, 0.25) is 10.0 Å². The molecule has 8 heteroatoms. The van der Waals surface area contributed by atoms with Crippen molar-refractivity contribution in [2.75, 3.05) is 26.3 Å². The Bertz CT molecular complexity index is 1130. The molecule has 3 aromatic rings. The molecule has 2 aromatic carbocycles. The molecule has 29 heavy (non-hydrogen) atoms. The second-order valence-electron chi connectivity index (χ2n) is 6.90. The highest BCUT2D eigenvalue weighted by atomic mass is 32.2. The Kier molecular flexibility index (Phi) is 5.40. The Hall–Kier alpha value is -2.68. The van der Waals surface area contributed by atoms with Crippen molar-refractivity contribution < 1.29 is 22.4 Å². The van der Waals surface area contributed by atoms with E-state index in [4.69, 9.17) is 9.15 Å². The van der Waals surface area contributed by atoms with E-state index in [1.807, 2.05) is 30.3 Å². The van der Waals surface area contributed by atoms with Gasteiger partial charge in [0.05, 0.1) is 18.1 Å². The molecule has 0 spiro atoms. The molecule has 0 saturated carbocycles. The van der Waals surface area contributed by atoms with Crippen molar-refractivity contribution in [2.45, 2.75) is 18.4 Å². The lowest BCUT2D eigenvalue weighted by atomic mass is 10.1. The number of ether oxygens (including phenoxy) is 1. The van der Waals surface area contributed by atoms with Crippen molar-refractivity contribution >= 4 is 26.9 Å². The zero-order valence-corrected chi connectivity index (χ0v) is 16.9. The maximum Gasteiger partial charge on any atom is 0.287 e. The minimum atomic E-state index is -3.62. The van der Waals surface area contributed by atoms with Crippen LogP contribution in [0.4, 0.5) is 0 Å². The second-order valence-corrected chi connectivity index (χ2v) is 8.84. The van der Waals surface area contributed by atoms with Crippen LogP contribution in [0.15, 0.2) is 57.8 Å². The van der Waals surface area contributed by atoms with E-state index in [1.54, 1.807) is 19.1 Å². The highest BCUT2D eigenvalue weighted by Crippen LogP contribution is 2.29. The van der Waals surface area contributed by atoms with Crippen LogP contribution in [0.5, 0.6) is 0 Å². The number of carbonyl (C=O) groups is 1. The highest BCUT2D eigenvalue weighted by molar-refractivity contribution is 7.89. The molecular formula is C21H22N2O5S. The first kappa shape index (κ1) is 19.6. The molecule has 1 N–H and O–H groups in total. The van der Waals surface area contributed by atoms with E-state index in [-0.39, 0.29) is 16.6 Å². The lowest BCUT2D eigenvalue weighted by molar-refractivity contribution is 0.0730. The molecule has 152 valence electrons. The van der Waals surface area contributed by atoms with Gasteiger partial charge in [-0.15, -0.1) is 0 Å². The number of amides is 1. The van der Waals surface area contributed by atoms with Gasteiger partial charge in [0.25, 0.3) is 5.91 Å². The summed E-state index contributed by atoms with van der Waals surface area (Å²) in [6.45, 7) is 3.58. The van der Waals surface area contributed by atoms with E-state index in [0.717, 1.165) is 5.56 Å². The summed E-state index contributed by atoms with van der Waals surface area (Å²) in [5.74, 6) is -0.142. The number of aryl methyl sites for hydroxylation is 1. The van der Waals surface area contributed by atoms with Gasteiger partial charge < -0.3 is 14.5 Å². The summed E-state index contributed by atoms with van der Waals surface area (Å²) in [5.41, 5.74) is 2.08. The Morgan fingerprint density at radius 3 is 2.55 bits per heavy atom. The number of hydrogen-bond donors (Lipinski definition) is 1. The molecule has 1 amide bonds. The van der Waals surface area contributed by atoms with Crippen LogP contribution in [0.25, 0.3) is 11.0 Å². The van der Waals surface area contributed by atoms with Gasteiger partial charge in [-0.2, -0.15) is 4.31 Å². The Morgan fingerprint density at radius 1 is 1.10 bits per heavy atom. The van der Waals surface area contributed by atoms with Crippen LogP contribution >= 0.6 is 0 Å². The highest BCUT2D eigenvalue weighted by Gasteiger charge is 2.27. The Morgan fingerprint density at radius 2 is 1.83 bits per heavy atom. The number of nitrogens with zero attached hydrogens (tertiary/aromatic N) is 1. The van der Waals surface area contributed by atoms with Crippen molar-refractivity contribution in [2.24, 2.45) is 0 Å². The molecule has 0 unspecified atom stereocenters. The summed E-state index contributed by atoms with van der Waals surface area (Å²) >= 11 is 0. The van der Waals surface area contributed by atoms with Gasteiger partial charge in [0.1, 0.15) is 5.58 Å². The van der Waals surface area contributed by atoms with E-state index < -0.39 is 10.0 Å². The Labute approximate surface area is 169 Å². The van der Waals surface area contributed by atoms with Gasteiger partial charge in [-0.3, -0.25) is 4.79 Å². The molecule has 0 atom stereocenters. The number of fused-ring (bicyclic) bond motifs is 1. The second kappa shape index (κ2) is 7.98. The average Bonchev–Trinajstić information content (AvgIpc) is 3.09. The number of morpholine rings is 1. The van der Waals surface area contributed by atoms with Crippen LogP contribution in [-0.4, -0.2) is 44.9 Å². The lowest BCUT2D eigenvalue weighted by Crippen LogP contribution is -2.40. The van der Waals surface area contributed by atoms with Crippen LogP contribution in [-0.2, 0) is 21.3 Å². The zero-order valence-electron chi connectivity index (χ0n) is 16.1. The number of furan rings is 1. The van der Waals surface area contributed by atoms with Gasteiger partial charge >= 0.3 is 0 Å². The first-order chi connectivity index (χ1) is 14.0. The molecule has 0 bridgehead atoms. The zero-order chi connectivity index (χ0) is 20.4. The number of benzene rings is 2. The van der Waals surface area contributed by atoms with E-state index in [9.17, 15) is 13.2 Å². The van der Waals surface area contributed by atoms with E-state index >= 15 is 0 Å². The maximum atomic E-state index is 12.9. The molecule has 0 aliphatic carbocycles. The van der Waals surface area contributed by atoms with Crippen LogP contribution < -0.4 is 5.32 Å². The normalized spacial score (nSPS) is 15.5. The summed E-state index contributed by atoms with van der Waals surface area (Å²) < 4.78 is 38.2. The number of sulfonamides is 1. The topological polar surface area (TPSA) is 88.8 Å². The molecule has 7 nitrogen and oxygen atoms in total. The van der Waals surface area contributed by atoms with Crippen LogP contribution in [0, 0.1) is 6.92 Å². The molecule has 1 aliphatic rings. The molecule has 1 saturated heterocycles. The van der Waals surface area contributed by atoms with Gasteiger partial charge in [-0.05, 0) is 30.7 Å². The largest absolute Gasteiger partial charge is 0.451 e. The quantitative estimate of drug-likeness (QED) is 0.693. The third-order valence-electron chi connectivity index (χ3n) is 5.02. The molecule has 2 heterocycles. The maximum absolute atomic E-state index is 12.9. The van der Waals surface area contributed by atoms with E-state index in [1.165, 1.54) is 10.4 Å². The summed E-state index contributed by atoms with van der Waals surface area (Å²) in [6.07, 6.45) is 0. The standard InChI is InChI=1S/C21H22N2O5S/c1-15-18-13-17(29(25,26)23-9-11-27-12-10-23)7-8-19(18)28-20(15)21(24)22-14-16-5-3-2-4-6-16/h2-8,13H,9-12,14H2,1H3,(H,22,24). The van der Waals surface area contributed by atoms with Gasteiger partial charge in [0, 0.05) is 30.6 Å². The number of hydrogen-bond acceptors (Lipinski definition) is 5. The molecule has 4 rings (SSSR count). The molecule has 0 radical (unpaired) electrons. The third kappa shape index (κ3) is 3.91. The van der Waals surface area contributed by atoms with Crippen molar-refractivity contribution in [3.8, 4) is 0 Å². The van der Waals surface area contributed by atoms with Crippen LogP contribution in [0.2, 0.25) is 0 Å². The van der Waals surface area contributed by atoms with E-state index in [0.29, 0.717) is 49.4 Å². The van der Waals surface area contributed by atoms with Gasteiger partial charge in [-0.1, -0.05) is 30.3 Å². The fourth-order valence-corrected chi connectivity index (χ4v) is 4.81. The monoisotopic (exact) mass is 414 g/mol. The van der Waals surface area contributed by atoms with Crippen molar-refractivity contribution in [1.29, 1.82) is 0 Å². The number of nitrogens with one attached hydrogen (secondary N) is 1. The Balaban J connectivity index is 1.59. The smallest absolute Gasteiger partial charge is 0.287 e. The molecular weight excluding hydrogens is 392 g/mol. The average molecular weight is 414 g/mol. The predicted molar refractivity (Wildman–Crippen MR) is 108 cm³/mol. The first-order valence-electron chi connectivity index (χ1n) is 9.40. The van der Waals surface area contributed by atoms with E-state index in [2.05, 4.69) is 5.32 Å². The minimum absolute atomic E-state index is 0.187. The first-order valence-corrected chi connectivity index (χ1v) is 10.8. The molecule has 1 aliphatic heterocycles. The molecule has 1 fully saturated rings. The SMILES string of the molecule is Cc1c(C(=O)NCc2ccccc2)oc2ccc(S(=O)(=O)N3CCOCC3)cc12. The summed E-state index contributed by atoms with van der Waals surface area (Å²) in [6, 6.07) is 14.3. The fraction of sp³-hybridized carbons (Fsp3) is 0.286. The number of carbonyl (C=O) groups excluding carboxylic acids is 1. The van der Waals surface area contributed by atoms with Crippen LogP contribution in [0.3, 0.4) is 0 Å². The van der Waals surface area contributed by atoms with Crippen molar-refractivity contribution in [1.82, 2.24) is 9.62 Å². The fourth-order valence-electron chi connectivity index (χ4n) is 3.37. The van der Waals surface area contributed by atoms with Crippen LogP contribution in [0.1, 0.15) is 21.7 Å². The lowest BCUT2D eigenvalue weighted by Gasteiger charge is -2.26. The minimum Gasteiger partial charge on any atom is -0.451 e. The van der Waals surface area contributed by atoms with Gasteiger partial charge in [-0.25, -0.2) is 8.42 Å². The summed E-state index contributed by atoms with van der Waals surface area (Å²) in [7, 11) is -3.62. The summed E-state index contributed by atoms with van der Waals surface area (Å²) in [4.78, 5) is 12.8. The third-order valence-corrected chi connectivity index (χ3v) is 6.91. The van der Waals surface area contributed by atoms with Gasteiger partial charge in [0.15, 0.2) is 5.76 Å². The predicted octanol–water partition coefficient (Wildman–Crippen LogP) is 2.69.